The number of carbonyl (C=O) groups is 1. The van der Waals surface area contributed by atoms with Crippen molar-refractivity contribution in [3.8, 4) is 11.4 Å². The van der Waals surface area contributed by atoms with Crippen LogP contribution in [0.2, 0.25) is 5.02 Å². The Hall–Kier alpha value is -2.66. The molecule has 1 aromatic heterocycles. The summed E-state index contributed by atoms with van der Waals surface area (Å²) < 4.78 is 5.46. The maximum atomic E-state index is 12.4. The monoisotopic (exact) mass is 381 g/mol. The van der Waals surface area contributed by atoms with Gasteiger partial charge in [-0.15, -0.1) is 0 Å². The lowest BCUT2D eigenvalue weighted by atomic mass is 10.1. The first-order valence-corrected chi connectivity index (χ1v) is 9.45. The average Bonchev–Trinajstić information content (AvgIpc) is 3.31. The zero-order valence-electron chi connectivity index (χ0n) is 15.1. The number of aromatic nitrogens is 2. The van der Waals surface area contributed by atoms with Gasteiger partial charge in [0.1, 0.15) is 0 Å². The predicted molar refractivity (Wildman–Crippen MR) is 103 cm³/mol. The fraction of sp³-hybridized carbons (Fsp3) is 0.286. The summed E-state index contributed by atoms with van der Waals surface area (Å²) in [6, 6.07) is 15.7. The average molecular weight is 382 g/mol. The zero-order chi connectivity index (χ0) is 18.8. The fourth-order valence-electron chi connectivity index (χ4n) is 3.31. The van der Waals surface area contributed by atoms with Crippen LogP contribution in [-0.4, -0.2) is 27.5 Å². The van der Waals surface area contributed by atoms with Gasteiger partial charge in [-0.3, -0.25) is 4.79 Å². The van der Waals surface area contributed by atoms with Gasteiger partial charge in [-0.1, -0.05) is 60.1 Å². The predicted octanol–water partition coefficient (Wildman–Crippen LogP) is 4.47. The molecule has 1 saturated heterocycles. The number of likely N-dealkylation sites (tertiary alicyclic amines) is 1. The maximum absolute atomic E-state index is 12.4. The van der Waals surface area contributed by atoms with Gasteiger partial charge in [0.05, 0.1) is 5.92 Å². The highest BCUT2D eigenvalue weighted by atomic mass is 35.5. The molecule has 1 unspecified atom stereocenters. The van der Waals surface area contributed by atoms with Crippen LogP contribution in [-0.2, 0) is 17.8 Å². The second kappa shape index (κ2) is 7.53. The third-order valence-corrected chi connectivity index (χ3v) is 5.16. The van der Waals surface area contributed by atoms with E-state index < -0.39 is 0 Å². The van der Waals surface area contributed by atoms with E-state index in [1.807, 2.05) is 41.3 Å². The van der Waals surface area contributed by atoms with Crippen LogP contribution in [0.15, 0.2) is 53.1 Å². The first-order valence-electron chi connectivity index (χ1n) is 9.07. The summed E-state index contributed by atoms with van der Waals surface area (Å²) >= 11 is 5.92. The van der Waals surface area contributed by atoms with Gasteiger partial charge in [0.15, 0.2) is 0 Å². The van der Waals surface area contributed by atoms with E-state index in [0.29, 0.717) is 36.2 Å². The Morgan fingerprint density at radius 3 is 2.52 bits per heavy atom. The zero-order valence-corrected chi connectivity index (χ0v) is 15.8. The molecule has 0 bridgehead atoms. The van der Waals surface area contributed by atoms with E-state index in [1.165, 1.54) is 5.56 Å². The Kier molecular flexibility index (Phi) is 4.94. The SMILES string of the molecule is CCc1ccc(-c2noc(C3CC(=O)N(Cc4ccc(Cl)cc4)C3)n2)cc1. The molecule has 0 saturated carbocycles. The summed E-state index contributed by atoms with van der Waals surface area (Å²) in [6.45, 7) is 3.26. The van der Waals surface area contributed by atoms with Crippen molar-refractivity contribution in [2.45, 2.75) is 32.2 Å². The van der Waals surface area contributed by atoms with Crippen molar-refractivity contribution in [3.63, 3.8) is 0 Å². The van der Waals surface area contributed by atoms with Crippen molar-refractivity contribution in [1.29, 1.82) is 0 Å². The van der Waals surface area contributed by atoms with Crippen LogP contribution in [0.3, 0.4) is 0 Å². The number of carbonyl (C=O) groups excluding carboxylic acids is 1. The molecule has 1 aliphatic rings. The first kappa shape index (κ1) is 17.7. The van der Waals surface area contributed by atoms with E-state index in [0.717, 1.165) is 17.5 Å². The van der Waals surface area contributed by atoms with Crippen LogP contribution in [0, 0.1) is 0 Å². The Labute approximate surface area is 163 Å². The third kappa shape index (κ3) is 3.88. The molecule has 0 N–H and O–H groups in total. The lowest BCUT2D eigenvalue weighted by Crippen LogP contribution is -2.24. The number of hydrogen-bond donors (Lipinski definition) is 0. The number of nitrogens with zero attached hydrogens (tertiary/aromatic N) is 3. The number of halogens is 1. The molecule has 27 heavy (non-hydrogen) atoms. The van der Waals surface area contributed by atoms with Crippen molar-refractivity contribution < 1.29 is 9.32 Å². The molecular weight excluding hydrogens is 362 g/mol. The standard InChI is InChI=1S/C21H20ClN3O2/c1-2-14-3-7-16(8-4-14)20-23-21(27-24-20)17-11-19(26)25(13-17)12-15-5-9-18(22)10-6-15/h3-10,17H,2,11-13H2,1H3. The van der Waals surface area contributed by atoms with Crippen molar-refractivity contribution in [3.05, 3.63) is 70.6 Å². The first-order chi connectivity index (χ1) is 13.1. The van der Waals surface area contributed by atoms with Crippen molar-refractivity contribution in [2.24, 2.45) is 0 Å². The van der Waals surface area contributed by atoms with Gasteiger partial charge in [0.2, 0.25) is 17.6 Å². The third-order valence-electron chi connectivity index (χ3n) is 4.91. The van der Waals surface area contributed by atoms with Gasteiger partial charge in [0.25, 0.3) is 0 Å². The van der Waals surface area contributed by atoms with Gasteiger partial charge in [-0.25, -0.2) is 0 Å². The summed E-state index contributed by atoms with van der Waals surface area (Å²) in [7, 11) is 0. The number of aryl methyl sites for hydroxylation is 1. The van der Waals surface area contributed by atoms with Crippen molar-refractivity contribution >= 4 is 17.5 Å². The quantitative estimate of drug-likeness (QED) is 0.654. The van der Waals surface area contributed by atoms with Crippen LogP contribution >= 0.6 is 11.6 Å². The molecule has 0 radical (unpaired) electrons. The van der Waals surface area contributed by atoms with Crippen LogP contribution in [0.1, 0.15) is 36.3 Å². The Morgan fingerprint density at radius 1 is 1.11 bits per heavy atom. The number of rotatable bonds is 5. The summed E-state index contributed by atoms with van der Waals surface area (Å²) in [5.41, 5.74) is 3.24. The Morgan fingerprint density at radius 2 is 1.81 bits per heavy atom. The minimum absolute atomic E-state index is 0.0686. The van der Waals surface area contributed by atoms with Crippen LogP contribution in [0.25, 0.3) is 11.4 Å². The van der Waals surface area contributed by atoms with Crippen molar-refractivity contribution in [1.82, 2.24) is 15.0 Å². The molecule has 5 nitrogen and oxygen atoms in total. The van der Waals surface area contributed by atoms with E-state index in [4.69, 9.17) is 16.1 Å². The van der Waals surface area contributed by atoms with Crippen LogP contribution in [0.5, 0.6) is 0 Å². The Balaban J connectivity index is 1.45. The molecule has 0 spiro atoms. The number of benzene rings is 2. The Bertz CT molecular complexity index is 935. The topological polar surface area (TPSA) is 59.2 Å². The summed E-state index contributed by atoms with van der Waals surface area (Å²) in [4.78, 5) is 18.7. The van der Waals surface area contributed by atoms with Crippen molar-refractivity contribution in [2.75, 3.05) is 6.54 Å². The normalized spacial score (nSPS) is 16.9. The second-order valence-electron chi connectivity index (χ2n) is 6.81. The summed E-state index contributed by atoms with van der Waals surface area (Å²) in [5, 5.41) is 4.79. The van der Waals surface area contributed by atoms with Gasteiger partial charge in [-0.05, 0) is 29.7 Å². The highest BCUT2D eigenvalue weighted by molar-refractivity contribution is 6.30. The van der Waals surface area contributed by atoms with E-state index in [-0.39, 0.29) is 11.8 Å². The molecule has 1 amide bonds. The van der Waals surface area contributed by atoms with Crippen LogP contribution < -0.4 is 0 Å². The lowest BCUT2D eigenvalue weighted by molar-refractivity contribution is -0.128. The maximum Gasteiger partial charge on any atom is 0.232 e. The van der Waals surface area contributed by atoms with E-state index in [1.54, 1.807) is 0 Å². The highest BCUT2D eigenvalue weighted by Gasteiger charge is 2.34. The largest absolute Gasteiger partial charge is 0.339 e. The molecule has 6 heteroatoms. The highest BCUT2D eigenvalue weighted by Crippen LogP contribution is 2.30. The molecule has 1 fully saturated rings. The fourth-order valence-corrected chi connectivity index (χ4v) is 3.43. The van der Waals surface area contributed by atoms with Crippen LogP contribution in [0.4, 0.5) is 0 Å². The molecule has 2 heterocycles. The smallest absolute Gasteiger partial charge is 0.232 e. The van der Waals surface area contributed by atoms with E-state index >= 15 is 0 Å². The summed E-state index contributed by atoms with van der Waals surface area (Å²) in [6.07, 6.45) is 1.38. The minimum atomic E-state index is -0.0686. The molecule has 1 atom stereocenters. The van der Waals surface area contributed by atoms with Gasteiger partial charge in [-0.2, -0.15) is 4.98 Å². The molecule has 4 rings (SSSR count). The lowest BCUT2D eigenvalue weighted by Gasteiger charge is -2.16. The molecule has 138 valence electrons. The van der Waals surface area contributed by atoms with Gasteiger partial charge >= 0.3 is 0 Å². The van der Waals surface area contributed by atoms with E-state index in [9.17, 15) is 4.79 Å². The molecule has 3 aromatic rings. The number of hydrogen-bond acceptors (Lipinski definition) is 4. The van der Waals surface area contributed by atoms with Gasteiger partial charge in [0, 0.05) is 30.1 Å². The second-order valence-corrected chi connectivity index (χ2v) is 7.24. The molecule has 1 aliphatic heterocycles. The summed E-state index contributed by atoms with van der Waals surface area (Å²) in [5.74, 6) is 1.12. The molecular formula is C21H20ClN3O2. The minimum Gasteiger partial charge on any atom is -0.339 e. The van der Waals surface area contributed by atoms with E-state index in [2.05, 4.69) is 29.2 Å². The number of amides is 1. The molecule has 2 aromatic carbocycles. The van der Waals surface area contributed by atoms with Gasteiger partial charge < -0.3 is 9.42 Å². The molecule has 0 aliphatic carbocycles.